The Bertz CT molecular complexity index is 646. The lowest BCUT2D eigenvalue weighted by Gasteiger charge is -2.26. The van der Waals surface area contributed by atoms with Crippen molar-refractivity contribution in [3.05, 3.63) is 24.0 Å². The molecule has 2 rings (SSSR count). The van der Waals surface area contributed by atoms with Crippen LogP contribution in [0.5, 0.6) is 0 Å². The van der Waals surface area contributed by atoms with E-state index < -0.39 is 9.84 Å². The van der Waals surface area contributed by atoms with E-state index in [4.69, 9.17) is 4.74 Å². The molecule has 1 aromatic heterocycles. The van der Waals surface area contributed by atoms with Crippen LogP contribution in [0.2, 0.25) is 0 Å². The molecule has 7 nitrogen and oxygen atoms in total. The Labute approximate surface area is 143 Å². The molecule has 0 aromatic carbocycles. The number of nitrogens with one attached hydrogen (secondary N) is 1. The number of rotatable bonds is 8. The number of carbonyl (C=O) groups is 1. The zero-order chi connectivity index (χ0) is 17.6. The molecule has 134 valence electrons. The second-order valence-electron chi connectivity index (χ2n) is 5.85. The SMILES string of the molecule is CCN(C(=O)c1ccc(NCCCOC)cn1)C1CCS(=O)(=O)C1. The molecule has 0 saturated carbocycles. The molecule has 1 saturated heterocycles. The van der Waals surface area contributed by atoms with Crippen LogP contribution in [0.1, 0.15) is 30.3 Å². The van der Waals surface area contributed by atoms with Crippen LogP contribution in [-0.4, -0.2) is 68.6 Å². The van der Waals surface area contributed by atoms with Gasteiger partial charge in [0.2, 0.25) is 0 Å². The predicted molar refractivity (Wildman–Crippen MR) is 93.0 cm³/mol. The molecular weight excluding hydrogens is 330 g/mol. The Morgan fingerprint density at radius 1 is 1.46 bits per heavy atom. The van der Waals surface area contributed by atoms with Crippen LogP contribution in [0.4, 0.5) is 5.69 Å². The topological polar surface area (TPSA) is 88.6 Å². The first-order chi connectivity index (χ1) is 11.5. The summed E-state index contributed by atoms with van der Waals surface area (Å²) in [6.07, 6.45) is 3.01. The molecule has 0 bridgehead atoms. The highest BCUT2D eigenvalue weighted by atomic mass is 32.2. The average molecular weight is 355 g/mol. The zero-order valence-corrected chi connectivity index (χ0v) is 15.0. The van der Waals surface area contributed by atoms with Gasteiger partial charge in [0.1, 0.15) is 5.69 Å². The number of carbonyl (C=O) groups excluding carboxylic acids is 1. The van der Waals surface area contributed by atoms with Crippen LogP contribution >= 0.6 is 0 Å². The Morgan fingerprint density at radius 3 is 2.79 bits per heavy atom. The van der Waals surface area contributed by atoms with Crippen LogP contribution in [0.3, 0.4) is 0 Å². The molecule has 2 heterocycles. The van der Waals surface area contributed by atoms with Crippen molar-refractivity contribution in [3.63, 3.8) is 0 Å². The van der Waals surface area contributed by atoms with E-state index in [1.807, 2.05) is 13.0 Å². The molecule has 0 aliphatic carbocycles. The third-order valence-electron chi connectivity index (χ3n) is 4.09. The van der Waals surface area contributed by atoms with E-state index in [0.29, 0.717) is 25.3 Å². The highest BCUT2D eigenvalue weighted by molar-refractivity contribution is 7.91. The van der Waals surface area contributed by atoms with Gasteiger partial charge in [0, 0.05) is 32.8 Å². The number of sulfone groups is 1. The minimum absolute atomic E-state index is 0.0473. The zero-order valence-electron chi connectivity index (χ0n) is 14.2. The lowest BCUT2D eigenvalue weighted by Crippen LogP contribution is -2.41. The maximum atomic E-state index is 12.6. The Balaban J connectivity index is 1.98. The molecule has 8 heteroatoms. The highest BCUT2D eigenvalue weighted by Gasteiger charge is 2.34. The molecule has 0 spiro atoms. The first-order valence-corrected chi connectivity index (χ1v) is 9.99. The van der Waals surface area contributed by atoms with Crippen molar-refractivity contribution < 1.29 is 17.9 Å². The number of aromatic nitrogens is 1. The van der Waals surface area contributed by atoms with Gasteiger partial charge in [-0.25, -0.2) is 13.4 Å². The minimum Gasteiger partial charge on any atom is -0.385 e. The average Bonchev–Trinajstić information content (AvgIpc) is 2.92. The van der Waals surface area contributed by atoms with Crippen molar-refractivity contribution in [2.24, 2.45) is 0 Å². The summed E-state index contributed by atoms with van der Waals surface area (Å²) in [7, 11) is -1.36. The van der Waals surface area contributed by atoms with Crippen molar-refractivity contribution in [3.8, 4) is 0 Å². The summed E-state index contributed by atoms with van der Waals surface area (Å²) in [4.78, 5) is 18.4. The van der Waals surface area contributed by atoms with Crippen molar-refractivity contribution in [1.82, 2.24) is 9.88 Å². The number of pyridine rings is 1. The largest absolute Gasteiger partial charge is 0.385 e. The van der Waals surface area contributed by atoms with Gasteiger partial charge in [-0.15, -0.1) is 0 Å². The molecule has 1 aliphatic rings. The van der Waals surface area contributed by atoms with E-state index in [9.17, 15) is 13.2 Å². The fraction of sp³-hybridized carbons (Fsp3) is 0.625. The van der Waals surface area contributed by atoms with Crippen molar-refractivity contribution in [2.75, 3.05) is 43.6 Å². The van der Waals surface area contributed by atoms with E-state index in [-0.39, 0.29) is 23.5 Å². The monoisotopic (exact) mass is 355 g/mol. The van der Waals surface area contributed by atoms with Gasteiger partial charge in [-0.2, -0.15) is 0 Å². The van der Waals surface area contributed by atoms with E-state index in [1.165, 1.54) is 0 Å². The van der Waals surface area contributed by atoms with E-state index in [2.05, 4.69) is 10.3 Å². The highest BCUT2D eigenvalue weighted by Crippen LogP contribution is 2.19. The van der Waals surface area contributed by atoms with Crippen molar-refractivity contribution in [1.29, 1.82) is 0 Å². The minimum atomic E-state index is -3.02. The first kappa shape index (κ1) is 18.7. The number of nitrogens with zero attached hydrogens (tertiary/aromatic N) is 2. The second-order valence-corrected chi connectivity index (χ2v) is 8.08. The molecule has 1 aliphatic heterocycles. The van der Waals surface area contributed by atoms with Gasteiger partial charge >= 0.3 is 0 Å². The van der Waals surface area contributed by atoms with Gasteiger partial charge in [0.05, 0.1) is 23.4 Å². The number of hydrogen-bond donors (Lipinski definition) is 1. The summed E-state index contributed by atoms with van der Waals surface area (Å²) < 4.78 is 28.3. The smallest absolute Gasteiger partial charge is 0.272 e. The van der Waals surface area contributed by atoms with Crippen LogP contribution in [0.25, 0.3) is 0 Å². The number of amides is 1. The normalized spacial score (nSPS) is 19.2. The molecule has 24 heavy (non-hydrogen) atoms. The molecule has 1 atom stereocenters. The summed E-state index contributed by atoms with van der Waals surface area (Å²) in [6, 6.07) is 3.24. The van der Waals surface area contributed by atoms with E-state index in [1.54, 1.807) is 24.3 Å². The molecule has 1 amide bonds. The lowest BCUT2D eigenvalue weighted by molar-refractivity contribution is 0.0702. The Kier molecular flexibility index (Phi) is 6.56. The first-order valence-electron chi connectivity index (χ1n) is 8.17. The maximum Gasteiger partial charge on any atom is 0.272 e. The maximum absolute atomic E-state index is 12.6. The number of ether oxygens (including phenoxy) is 1. The third kappa shape index (κ3) is 4.91. The molecular formula is C16H25N3O4S. The Hall–Kier alpha value is -1.67. The number of hydrogen-bond acceptors (Lipinski definition) is 6. The van der Waals surface area contributed by atoms with Crippen LogP contribution in [-0.2, 0) is 14.6 Å². The summed E-state index contributed by atoms with van der Waals surface area (Å²) in [6.45, 7) is 3.78. The van der Waals surface area contributed by atoms with Crippen LogP contribution in [0.15, 0.2) is 18.3 Å². The van der Waals surface area contributed by atoms with Gasteiger partial charge < -0.3 is 15.0 Å². The summed E-state index contributed by atoms with van der Waals surface area (Å²) >= 11 is 0. The van der Waals surface area contributed by atoms with Crippen LogP contribution in [0, 0.1) is 0 Å². The molecule has 0 radical (unpaired) electrons. The molecule has 1 aromatic rings. The number of methoxy groups -OCH3 is 1. The van der Waals surface area contributed by atoms with Crippen molar-refractivity contribution in [2.45, 2.75) is 25.8 Å². The van der Waals surface area contributed by atoms with Crippen molar-refractivity contribution >= 4 is 21.4 Å². The lowest BCUT2D eigenvalue weighted by atomic mass is 10.2. The summed E-state index contributed by atoms with van der Waals surface area (Å²) in [5, 5.41) is 3.21. The van der Waals surface area contributed by atoms with Gasteiger partial charge in [0.25, 0.3) is 5.91 Å². The van der Waals surface area contributed by atoms with Gasteiger partial charge in [-0.1, -0.05) is 0 Å². The fourth-order valence-electron chi connectivity index (χ4n) is 2.81. The third-order valence-corrected chi connectivity index (χ3v) is 5.84. The van der Waals surface area contributed by atoms with Gasteiger partial charge in [0.15, 0.2) is 9.84 Å². The predicted octanol–water partition coefficient (Wildman–Crippen LogP) is 1.18. The van der Waals surface area contributed by atoms with E-state index in [0.717, 1.165) is 18.7 Å². The molecule has 1 unspecified atom stereocenters. The summed E-state index contributed by atoms with van der Waals surface area (Å²) in [5.41, 5.74) is 1.18. The fourth-order valence-corrected chi connectivity index (χ4v) is 4.54. The number of anilines is 1. The molecule has 1 N–H and O–H groups in total. The van der Waals surface area contributed by atoms with E-state index >= 15 is 0 Å². The van der Waals surface area contributed by atoms with Gasteiger partial charge in [-0.05, 0) is 31.9 Å². The standard InChI is InChI=1S/C16H25N3O4S/c1-3-19(14-7-10-24(21,22)12-14)16(20)15-6-5-13(11-18-15)17-8-4-9-23-2/h5-6,11,14,17H,3-4,7-10,12H2,1-2H3. The second kappa shape index (κ2) is 8.43. The molecule has 1 fully saturated rings. The summed E-state index contributed by atoms with van der Waals surface area (Å²) in [5.74, 6) is -0.0178. The Morgan fingerprint density at radius 2 is 2.25 bits per heavy atom. The quantitative estimate of drug-likeness (QED) is 0.705. The van der Waals surface area contributed by atoms with Gasteiger partial charge in [-0.3, -0.25) is 4.79 Å². The van der Waals surface area contributed by atoms with Crippen LogP contribution < -0.4 is 5.32 Å².